The van der Waals surface area contributed by atoms with E-state index in [9.17, 15) is 4.79 Å². The number of rotatable bonds is 2. The van der Waals surface area contributed by atoms with Crippen molar-refractivity contribution in [2.45, 2.75) is 50.9 Å². The maximum Gasteiger partial charge on any atom is 0.274 e. The summed E-state index contributed by atoms with van der Waals surface area (Å²) in [6.07, 6.45) is 11.4. The number of aryl methyl sites for hydroxylation is 1. The van der Waals surface area contributed by atoms with Crippen LogP contribution >= 0.6 is 0 Å². The highest BCUT2D eigenvalue weighted by molar-refractivity contribution is 5.94. The summed E-state index contributed by atoms with van der Waals surface area (Å²) in [6.45, 7) is 1.62. The second-order valence-corrected chi connectivity index (χ2v) is 6.96. The maximum absolute atomic E-state index is 13.1. The van der Waals surface area contributed by atoms with E-state index in [1.165, 1.54) is 29.7 Å². The zero-order valence-electron chi connectivity index (χ0n) is 14.0. The second kappa shape index (κ2) is 6.75. The summed E-state index contributed by atoms with van der Waals surface area (Å²) in [6, 6.07) is 4.14. The predicted molar refractivity (Wildman–Crippen MR) is 92.0 cm³/mol. The third-order valence-electron chi connectivity index (χ3n) is 5.40. The van der Waals surface area contributed by atoms with Crippen molar-refractivity contribution in [3.63, 3.8) is 0 Å². The van der Waals surface area contributed by atoms with Crippen LogP contribution in [0.5, 0.6) is 0 Å². The Kier molecular flexibility index (Phi) is 4.32. The Balaban J connectivity index is 1.53. The van der Waals surface area contributed by atoms with Gasteiger partial charge in [0.05, 0.1) is 0 Å². The van der Waals surface area contributed by atoms with Crippen LogP contribution < -0.4 is 0 Å². The Hall–Kier alpha value is -2.17. The molecule has 1 aliphatic heterocycles. The number of piperidine rings is 1. The molecule has 0 unspecified atom stereocenters. The van der Waals surface area contributed by atoms with Crippen LogP contribution in [-0.4, -0.2) is 39.1 Å². The number of hydrogen-bond donors (Lipinski definition) is 1. The first-order valence-electron chi connectivity index (χ1n) is 9.08. The molecule has 2 aromatic rings. The van der Waals surface area contributed by atoms with Crippen molar-refractivity contribution in [2.75, 3.05) is 13.1 Å². The van der Waals surface area contributed by atoms with Gasteiger partial charge in [-0.05, 0) is 56.2 Å². The number of fused-ring (bicyclic) bond motifs is 1. The SMILES string of the molecule is O=C(c1n[nH]c2c1CCCCC2)N1CCC[C@@H](c2ccncc2)C1. The van der Waals surface area contributed by atoms with Gasteiger partial charge in [-0.1, -0.05) is 6.42 Å². The third-order valence-corrected chi connectivity index (χ3v) is 5.40. The molecule has 5 heteroatoms. The van der Waals surface area contributed by atoms with E-state index in [2.05, 4.69) is 27.3 Å². The van der Waals surface area contributed by atoms with E-state index >= 15 is 0 Å². The molecule has 0 spiro atoms. The highest BCUT2D eigenvalue weighted by Crippen LogP contribution is 2.28. The summed E-state index contributed by atoms with van der Waals surface area (Å²) in [5, 5.41) is 7.51. The average Bonchev–Trinajstić information content (AvgIpc) is 2.90. The fraction of sp³-hybridized carbons (Fsp3) is 0.526. The highest BCUT2D eigenvalue weighted by Gasteiger charge is 2.29. The number of aromatic nitrogens is 3. The number of nitrogens with one attached hydrogen (secondary N) is 1. The number of H-pyrrole nitrogens is 1. The first-order valence-corrected chi connectivity index (χ1v) is 9.08. The van der Waals surface area contributed by atoms with Gasteiger partial charge in [-0.3, -0.25) is 14.9 Å². The lowest BCUT2D eigenvalue weighted by atomic mass is 9.91. The van der Waals surface area contributed by atoms with Crippen molar-refractivity contribution in [3.05, 3.63) is 47.0 Å². The number of likely N-dealkylation sites (tertiary alicyclic amines) is 1. The van der Waals surface area contributed by atoms with Crippen molar-refractivity contribution >= 4 is 5.91 Å². The molecule has 2 aliphatic rings. The molecule has 1 N–H and O–H groups in total. The molecular formula is C19H24N4O. The molecule has 24 heavy (non-hydrogen) atoms. The zero-order chi connectivity index (χ0) is 16.4. The monoisotopic (exact) mass is 324 g/mol. The van der Waals surface area contributed by atoms with E-state index in [-0.39, 0.29) is 5.91 Å². The van der Waals surface area contributed by atoms with Crippen LogP contribution in [-0.2, 0) is 12.8 Å². The molecule has 1 saturated heterocycles. The van der Waals surface area contributed by atoms with E-state index in [4.69, 9.17) is 0 Å². The lowest BCUT2D eigenvalue weighted by molar-refractivity contribution is 0.0700. The molecule has 1 aliphatic carbocycles. The highest BCUT2D eigenvalue weighted by atomic mass is 16.2. The Morgan fingerprint density at radius 1 is 1.12 bits per heavy atom. The minimum Gasteiger partial charge on any atom is -0.337 e. The summed E-state index contributed by atoms with van der Waals surface area (Å²) in [5.41, 5.74) is 4.30. The van der Waals surface area contributed by atoms with Crippen molar-refractivity contribution in [3.8, 4) is 0 Å². The summed E-state index contributed by atoms with van der Waals surface area (Å²) in [4.78, 5) is 19.1. The topological polar surface area (TPSA) is 61.9 Å². The smallest absolute Gasteiger partial charge is 0.274 e. The molecule has 0 radical (unpaired) electrons. The number of hydrogen-bond acceptors (Lipinski definition) is 3. The first-order chi connectivity index (χ1) is 11.8. The molecule has 0 saturated carbocycles. The molecule has 1 amide bonds. The van der Waals surface area contributed by atoms with Gasteiger partial charge in [0.15, 0.2) is 5.69 Å². The standard InChI is InChI=1S/C19H24N4O/c24-19(18-16-6-2-1-3-7-17(16)21-22-18)23-12-4-5-15(13-23)14-8-10-20-11-9-14/h8-11,15H,1-7,12-13H2,(H,21,22)/t15-/m1/s1. The quantitative estimate of drug-likeness (QED) is 0.864. The van der Waals surface area contributed by atoms with E-state index in [0.717, 1.165) is 45.2 Å². The Morgan fingerprint density at radius 3 is 2.83 bits per heavy atom. The Morgan fingerprint density at radius 2 is 1.96 bits per heavy atom. The van der Waals surface area contributed by atoms with E-state index < -0.39 is 0 Å². The second-order valence-electron chi connectivity index (χ2n) is 6.96. The minimum atomic E-state index is 0.105. The number of nitrogens with zero attached hydrogens (tertiary/aromatic N) is 3. The van der Waals surface area contributed by atoms with Gasteiger partial charge < -0.3 is 4.90 Å². The van der Waals surface area contributed by atoms with Crippen molar-refractivity contribution in [1.82, 2.24) is 20.1 Å². The normalized spacial score (nSPS) is 21.2. The van der Waals surface area contributed by atoms with Crippen LogP contribution in [0.3, 0.4) is 0 Å². The molecule has 1 atom stereocenters. The minimum absolute atomic E-state index is 0.105. The van der Waals surface area contributed by atoms with Crippen molar-refractivity contribution in [2.24, 2.45) is 0 Å². The largest absolute Gasteiger partial charge is 0.337 e. The lowest BCUT2D eigenvalue weighted by Crippen LogP contribution is -2.39. The van der Waals surface area contributed by atoms with Crippen molar-refractivity contribution < 1.29 is 4.79 Å². The van der Waals surface area contributed by atoms with Crippen LogP contribution in [0.1, 0.15) is 65.3 Å². The molecule has 126 valence electrons. The fourth-order valence-corrected chi connectivity index (χ4v) is 4.05. The third kappa shape index (κ3) is 2.95. The summed E-state index contributed by atoms with van der Waals surface area (Å²) in [7, 11) is 0. The van der Waals surface area contributed by atoms with Gasteiger partial charge in [0, 0.05) is 42.7 Å². The molecule has 1 fully saturated rings. The van der Waals surface area contributed by atoms with Gasteiger partial charge in [-0.25, -0.2) is 0 Å². The lowest BCUT2D eigenvalue weighted by Gasteiger charge is -2.32. The van der Waals surface area contributed by atoms with Gasteiger partial charge in [-0.15, -0.1) is 0 Å². The van der Waals surface area contributed by atoms with E-state index in [1.54, 1.807) is 0 Å². The number of aromatic amines is 1. The van der Waals surface area contributed by atoms with Gasteiger partial charge in [0.1, 0.15) is 0 Å². The summed E-state index contributed by atoms with van der Waals surface area (Å²) >= 11 is 0. The molecule has 0 bridgehead atoms. The molecule has 4 rings (SSSR count). The first kappa shape index (κ1) is 15.4. The van der Waals surface area contributed by atoms with Crippen LogP contribution in [0.25, 0.3) is 0 Å². The van der Waals surface area contributed by atoms with Crippen LogP contribution in [0.4, 0.5) is 0 Å². The van der Waals surface area contributed by atoms with Crippen molar-refractivity contribution in [1.29, 1.82) is 0 Å². The molecule has 2 aromatic heterocycles. The molecule has 5 nitrogen and oxygen atoms in total. The number of carbonyl (C=O) groups is 1. The van der Waals surface area contributed by atoms with Crippen LogP contribution in [0.15, 0.2) is 24.5 Å². The number of carbonyl (C=O) groups excluding carboxylic acids is 1. The average molecular weight is 324 g/mol. The summed E-state index contributed by atoms with van der Waals surface area (Å²) < 4.78 is 0. The van der Waals surface area contributed by atoms with Crippen LogP contribution in [0, 0.1) is 0 Å². The Labute approximate surface area is 142 Å². The zero-order valence-corrected chi connectivity index (χ0v) is 14.0. The number of amides is 1. The van der Waals surface area contributed by atoms with Gasteiger partial charge in [0.2, 0.25) is 0 Å². The maximum atomic E-state index is 13.1. The predicted octanol–water partition coefficient (Wildman–Crippen LogP) is 3.09. The van der Waals surface area contributed by atoms with E-state index in [0.29, 0.717) is 11.6 Å². The van der Waals surface area contributed by atoms with Gasteiger partial charge >= 0.3 is 0 Å². The molecular weight excluding hydrogens is 300 g/mol. The molecule has 0 aromatic carbocycles. The number of pyridine rings is 1. The fourth-order valence-electron chi connectivity index (χ4n) is 4.05. The van der Waals surface area contributed by atoms with Gasteiger partial charge in [-0.2, -0.15) is 5.10 Å². The van der Waals surface area contributed by atoms with E-state index in [1.807, 2.05) is 17.3 Å². The van der Waals surface area contributed by atoms with Crippen LogP contribution in [0.2, 0.25) is 0 Å². The Bertz CT molecular complexity index is 709. The molecule has 3 heterocycles. The van der Waals surface area contributed by atoms with Gasteiger partial charge in [0.25, 0.3) is 5.91 Å². The summed E-state index contributed by atoms with van der Waals surface area (Å²) in [5.74, 6) is 0.511.